The molecule has 2 N–H and O–H groups in total. The summed E-state index contributed by atoms with van der Waals surface area (Å²) in [4.78, 5) is 22.3. The van der Waals surface area contributed by atoms with E-state index in [1.54, 1.807) is 17.0 Å². The number of anilines is 2. The molecule has 7 heteroatoms. The Morgan fingerprint density at radius 1 is 1.13 bits per heavy atom. The second kappa shape index (κ2) is 7.46. The third-order valence-corrected chi connectivity index (χ3v) is 5.76. The van der Waals surface area contributed by atoms with E-state index < -0.39 is 0 Å². The predicted molar refractivity (Wildman–Crippen MR) is 121 cm³/mol. The molecular weight excluding hydrogens is 398 g/mol. The number of nitrogens with zero attached hydrogens (tertiary/aromatic N) is 3. The van der Waals surface area contributed by atoms with Crippen LogP contribution in [0.4, 0.5) is 11.6 Å². The van der Waals surface area contributed by atoms with Gasteiger partial charge in [0.1, 0.15) is 18.0 Å². The summed E-state index contributed by atoms with van der Waals surface area (Å²) < 4.78 is 1.73. The van der Waals surface area contributed by atoms with Crippen molar-refractivity contribution in [2.45, 2.75) is 19.4 Å². The Balaban J connectivity index is 1.68. The zero-order valence-corrected chi connectivity index (χ0v) is 17.1. The van der Waals surface area contributed by atoms with Gasteiger partial charge in [0.2, 0.25) is 0 Å². The maximum Gasteiger partial charge on any atom is 0.264 e. The molecule has 0 aliphatic carbocycles. The Bertz CT molecular complexity index is 1300. The van der Waals surface area contributed by atoms with Crippen molar-refractivity contribution in [3.63, 3.8) is 0 Å². The van der Waals surface area contributed by atoms with Crippen molar-refractivity contribution >= 4 is 34.0 Å². The van der Waals surface area contributed by atoms with Crippen LogP contribution >= 0.6 is 11.6 Å². The predicted octanol–water partition coefficient (Wildman–Crippen LogP) is 4.58. The standard InChI is InChI=1S/C23H20ClN5O/c1-14(28-22-17-10-11-25-21(17)26-13-27-22)19-12-15-6-5-9-18(24)20(15)23(30)29(19)16-7-3-2-4-8-16/h2-9,12-14H,10-11H2,1H3,(H2,25,26,27,28)/t14-/m0/s1. The van der Waals surface area contributed by atoms with Crippen molar-refractivity contribution in [3.8, 4) is 5.69 Å². The lowest BCUT2D eigenvalue weighted by Crippen LogP contribution is -2.26. The van der Waals surface area contributed by atoms with Crippen LogP contribution in [0.25, 0.3) is 16.5 Å². The van der Waals surface area contributed by atoms with E-state index in [1.165, 1.54) is 0 Å². The van der Waals surface area contributed by atoms with Crippen molar-refractivity contribution in [2.75, 3.05) is 17.2 Å². The third-order valence-electron chi connectivity index (χ3n) is 5.45. The molecule has 1 atom stereocenters. The zero-order valence-electron chi connectivity index (χ0n) is 16.4. The molecule has 2 aromatic carbocycles. The molecule has 0 spiro atoms. The van der Waals surface area contributed by atoms with Gasteiger partial charge in [0, 0.05) is 23.5 Å². The molecule has 5 rings (SSSR count). The van der Waals surface area contributed by atoms with Gasteiger partial charge in [-0.15, -0.1) is 0 Å². The number of rotatable bonds is 4. The van der Waals surface area contributed by atoms with Crippen LogP contribution in [0.3, 0.4) is 0 Å². The van der Waals surface area contributed by atoms with E-state index in [0.717, 1.165) is 46.9 Å². The zero-order chi connectivity index (χ0) is 20.7. The summed E-state index contributed by atoms with van der Waals surface area (Å²) in [5, 5.41) is 8.55. The number of fused-ring (bicyclic) bond motifs is 2. The maximum absolute atomic E-state index is 13.5. The number of hydrogen-bond donors (Lipinski definition) is 2. The Labute approximate surface area is 178 Å². The molecule has 2 aromatic heterocycles. The minimum atomic E-state index is -0.180. The van der Waals surface area contributed by atoms with Crippen LogP contribution in [0, 0.1) is 0 Å². The lowest BCUT2D eigenvalue weighted by atomic mass is 10.1. The Morgan fingerprint density at radius 3 is 2.80 bits per heavy atom. The first-order valence-corrected chi connectivity index (χ1v) is 10.2. The molecule has 0 amide bonds. The highest BCUT2D eigenvalue weighted by Gasteiger charge is 2.21. The largest absolute Gasteiger partial charge is 0.369 e. The summed E-state index contributed by atoms with van der Waals surface area (Å²) in [7, 11) is 0. The maximum atomic E-state index is 13.5. The first-order chi connectivity index (χ1) is 14.6. The Hall–Kier alpha value is -3.38. The molecule has 0 fully saturated rings. The Kier molecular flexibility index (Phi) is 4.64. The number of nitrogens with one attached hydrogen (secondary N) is 2. The van der Waals surface area contributed by atoms with Gasteiger partial charge in [-0.05, 0) is 43.0 Å². The van der Waals surface area contributed by atoms with E-state index in [-0.39, 0.29) is 11.6 Å². The fourth-order valence-electron chi connectivity index (χ4n) is 4.01. The van der Waals surface area contributed by atoms with Gasteiger partial charge < -0.3 is 10.6 Å². The SMILES string of the molecule is C[C@H](Nc1ncnc2c1CCN2)c1cc2cccc(Cl)c2c(=O)n1-c1ccccc1. The van der Waals surface area contributed by atoms with Crippen molar-refractivity contribution in [2.24, 2.45) is 0 Å². The summed E-state index contributed by atoms with van der Waals surface area (Å²) in [5.41, 5.74) is 2.56. The minimum absolute atomic E-state index is 0.137. The molecule has 6 nitrogen and oxygen atoms in total. The van der Waals surface area contributed by atoms with Crippen LogP contribution in [-0.4, -0.2) is 21.1 Å². The number of benzene rings is 2. The van der Waals surface area contributed by atoms with Gasteiger partial charge in [0.15, 0.2) is 0 Å². The molecule has 0 saturated carbocycles. The van der Waals surface area contributed by atoms with Crippen molar-refractivity contribution in [1.82, 2.24) is 14.5 Å². The van der Waals surface area contributed by atoms with E-state index in [1.807, 2.05) is 55.5 Å². The number of para-hydroxylation sites is 1. The molecule has 3 heterocycles. The van der Waals surface area contributed by atoms with Crippen molar-refractivity contribution in [1.29, 1.82) is 0 Å². The van der Waals surface area contributed by atoms with Crippen molar-refractivity contribution < 1.29 is 0 Å². The molecule has 4 aromatic rings. The van der Waals surface area contributed by atoms with Crippen LogP contribution in [0.2, 0.25) is 5.02 Å². The molecule has 0 radical (unpaired) electrons. The first-order valence-electron chi connectivity index (χ1n) is 9.87. The van der Waals surface area contributed by atoms with Crippen LogP contribution in [0.5, 0.6) is 0 Å². The highest BCUT2D eigenvalue weighted by Crippen LogP contribution is 2.30. The summed E-state index contributed by atoms with van der Waals surface area (Å²) >= 11 is 6.39. The summed E-state index contributed by atoms with van der Waals surface area (Å²) in [6.45, 7) is 2.88. The average molecular weight is 418 g/mol. The molecule has 0 unspecified atom stereocenters. The van der Waals surface area contributed by atoms with Crippen molar-refractivity contribution in [3.05, 3.63) is 87.6 Å². The van der Waals surface area contributed by atoms with Crippen LogP contribution < -0.4 is 16.2 Å². The van der Waals surface area contributed by atoms with E-state index in [4.69, 9.17) is 11.6 Å². The summed E-state index contributed by atoms with van der Waals surface area (Å²) in [6.07, 6.45) is 2.42. The van der Waals surface area contributed by atoms with Gasteiger partial charge in [-0.1, -0.05) is 41.9 Å². The van der Waals surface area contributed by atoms with Gasteiger partial charge in [-0.25, -0.2) is 9.97 Å². The molecule has 1 aliphatic rings. The van der Waals surface area contributed by atoms with Gasteiger partial charge >= 0.3 is 0 Å². The van der Waals surface area contributed by atoms with Gasteiger partial charge in [0.05, 0.1) is 16.5 Å². The van der Waals surface area contributed by atoms with Gasteiger partial charge in [-0.2, -0.15) is 0 Å². The lowest BCUT2D eigenvalue weighted by Gasteiger charge is -2.22. The van der Waals surface area contributed by atoms with E-state index in [2.05, 4.69) is 20.6 Å². The second-order valence-corrected chi connectivity index (χ2v) is 7.75. The van der Waals surface area contributed by atoms with Gasteiger partial charge in [0.25, 0.3) is 5.56 Å². The molecule has 0 saturated heterocycles. The molecule has 0 bridgehead atoms. The number of aromatic nitrogens is 3. The molecule has 150 valence electrons. The summed E-state index contributed by atoms with van der Waals surface area (Å²) in [5.74, 6) is 1.65. The minimum Gasteiger partial charge on any atom is -0.369 e. The molecule has 1 aliphatic heterocycles. The van der Waals surface area contributed by atoms with Crippen LogP contribution in [0.15, 0.2) is 65.7 Å². The lowest BCUT2D eigenvalue weighted by molar-refractivity contribution is 0.771. The number of pyridine rings is 1. The molecular formula is C23H20ClN5O. The quantitative estimate of drug-likeness (QED) is 0.508. The smallest absolute Gasteiger partial charge is 0.264 e. The van der Waals surface area contributed by atoms with E-state index in [9.17, 15) is 4.79 Å². The van der Waals surface area contributed by atoms with E-state index >= 15 is 0 Å². The Morgan fingerprint density at radius 2 is 1.97 bits per heavy atom. The molecule has 30 heavy (non-hydrogen) atoms. The fraction of sp³-hybridized carbons (Fsp3) is 0.174. The third kappa shape index (κ3) is 3.09. The normalized spacial score (nSPS) is 13.7. The number of halogens is 1. The highest BCUT2D eigenvalue weighted by molar-refractivity contribution is 6.35. The topological polar surface area (TPSA) is 71.8 Å². The second-order valence-electron chi connectivity index (χ2n) is 7.34. The number of hydrogen-bond acceptors (Lipinski definition) is 5. The monoisotopic (exact) mass is 417 g/mol. The average Bonchev–Trinajstić information content (AvgIpc) is 3.24. The van der Waals surface area contributed by atoms with E-state index in [0.29, 0.717) is 10.4 Å². The highest BCUT2D eigenvalue weighted by atomic mass is 35.5. The van der Waals surface area contributed by atoms with Gasteiger partial charge in [-0.3, -0.25) is 9.36 Å². The fourth-order valence-corrected chi connectivity index (χ4v) is 4.28. The summed E-state index contributed by atoms with van der Waals surface area (Å²) in [6, 6.07) is 17.0. The first kappa shape index (κ1) is 18.6. The van der Waals surface area contributed by atoms with Crippen LogP contribution in [0.1, 0.15) is 24.2 Å². The van der Waals surface area contributed by atoms with Crippen LogP contribution in [-0.2, 0) is 6.42 Å².